The molecule has 0 amide bonds. The fraction of sp³-hybridized carbons (Fsp3) is 0.667. The quantitative estimate of drug-likeness (QED) is 0.605. The Labute approximate surface area is 117 Å². The van der Waals surface area contributed by atoms with Crippen molar-refractivity contribution in [3.05, 3.63) is 16.4 Å². The maximum Gasteiger partial charge on any atom is 0.353 e. The number of hydrogen-bond acceptors (Lipinski definition) is 7. The van der Waals surface area contributed by atoms with Crippen LogP contribution in [0.5, 0.6) is 0 Å². The number of anilines is 2. The maximum atomic E-state index is 11.2. The van der Waals surface area contributed by atoms with Crippen LogP contribution in [0.3, 0.4) is 0 Å². The van der Waals surface area contributed by atoms with E-state index in [1.807, 2.05) is 13.8 Å². The Kier molecular flexibility index (Phi) is 4.33. The van der Waals surface area contributed by atoms with Gasteiger partial charge in [0.25, 0.3) is 0 Å². The lowest BCUT2D eigenvalue weighted by Gasteiger charge is -2.23. The first kappa shape index (κ1) is 14.4. The van der Waals surface area contributed by atoms with Gasteiger partial charge in [0.05, 0.1) is 10.5 Å². The minimum Gasteiger partial charge on any atom is -0.373 e. The number of aromatic nitrogens is 2. The van der Waals surface area contributed by atoms with Gasteiger partial charge in [0.1, 0.15) is 6.33 Å². The molecular formula is C12H19N5O3. The van der Waals surface area contributed by atoms with Gasteiger partial charge in [-0.25, -0.2) is 9.97 Å². The summed E-state index contributed by atoms with van der Waals surface area (Å²) in [5.41, 5.74) is -0.423. The van der Waals surface area contributed by atoms with Crippen molar-refractivity contribution in [3.63, 3.8) is 0 Å². The highest BCUT2D eigenvalue weighted by Crippen LogP contribution is 2.31. The smallest absolute Gasteiger partial charge is 0.353 e. The van der Waals surface area contributed by atoms with Crippen molar-refractivity contribution in [2.45, 2.75) is 32.3 Å². The van der Waals surface area contributed by atoms with E-state index in [4.69, 9.17) is 4.74 Å². The summed E-state index contributed by atoms with van der Waals surface area (Å²) in [4.78, 5) is 18.6. The number of nitro groups is 1. The van der Waals surface area contributed by atoms with Crippen LogP contribution in [0.15, 0.2) is 6.33 Å². The van der Waals surface area contributed by atoms with Crippen molar-refractivity contribution in [1.82, 2.24) is 9.97 Å². The molecule has 1 fully saturated rings. The topological polar surface area (TPSA) is 102 Å². The first-order valence-corrected chi connectivity index (χ1v) is 6.67. The molecule has 0 bridgehead atoms. The van der Waals surface area contributed by atoms with Gasteiger partial charge < -0.3 is 15.4 Å². The third kappa shape index (κ3) is 3.13. The molecule has 2 rings (SSSR count). The van der Waals surface area contributed by atoms with Crippen LogP contribution in [0.25, 0.3) is 0 Å². The molecular weight excluding hydrogens is 262 g/mol. The SMILES string of the molecule is CCNc1ncnc(NCC2(C)CCCO2)c1[N+](=O)[O-]. The fourth-order valence-electron chi connectivity index (χ4n) is 2.22. The number of nitrogens with one attached hydrogen (secondary N) is 2. The first-order chi connectivity index (χ1) is 9.56. The van der Waals surface area contributed by atoms with E-state index >= 15 is 0 Å². The van der Waals surface area contributed by atoms with Gasteiger partial charge in [-0.3, -0.25) is 10.1 Å². The highest BCUT2D eigenvalue weighted by molar-refractivity contribution is 5.69. The Morgan fingerprint density at radius 2 is 2.15 bits per heavy atom. The zero-order valence-electron chi connectivity index (χ0n) is 11.7. The summed E-state index contributed by atoms with van der Waals surface area (Å²) >= 11 is 0. The summed E-state index contributed by atoms with van der Waals surface area (Å²) in [6.07, 6.45) is 3.25. The number of ether oxygens (including phenoxy) is 1. The molecule has 2 heterocycles. The zero-order chi connectivity index (χ0) is 14.6. The molecule has 1 unspecified atom stereocenters. The van der Waals surface area contributed by atoms with Crippen molar-refractivity contribution >= 4 is 17.3 Å². The summed E-state index contributed by atoms with van der Waals surface area (Å²) in [5.74, 6) is 0.449. The third-order valence-corrected chi connectivity index (χ3v) is 3.28. The van der Waals surface area contributed by atoms with E-state index in [9.17, 15) is 10.1 Å². The lowest BCUT2D eigenvalue weighted by atomic mass is 10.0. The van der Waals surface area contributed by atoms with E-state index in [0.717, 1.165) is 19.4 Å². The number of hydrogen-bond donors (Lipinski definition) is 2. The van der Waals surface area contributed by atoms with Gasteiger partial charge in [-0.15, -0.1) is 0 Å². The predicted octanol–water partition coefficient (Wildman–Crippen LogP) is 1.80. The molecule has 1 aromatic heterocycles. The second kappa shape index (κ2) is 6.00. The third-order valence-electron chi connectivity index (χ3n) is 3.28. The molecule has 0 saturated carbocycles. The Balaban J connectivity index is 2.18. The van der Waals surface area contributed by atoms with Crippen LogP contribution in [0, 0.1) is 10.1 Å². The second-order valence-electron chi connectivity index (χ2n) is 4.96. The van der Waals surface area contributed by atoms with Gasteiger partial charge in [-0.05, 0) is 26.7 Å². The average molecular weight is 281 g/mol. The van der Waals surface area contributed by atoms with Crippen molar-refractivity contribution in [1.29, 1.82) is 0 Å². The largest absolute Gasteiger partial charge is 0.373 e. The fourth-order valence-corrected chi connectivity index (χ4v) is 2.22. The van der Waals surface area contributed by atoms with Crippen molar-refractivity contribution in [2.24, 2.45) is 0 Å². The molecule has 1 saturated heterocycles. The molecule has 0 aliphatic carbocycles. The molecule has 110 valence electrons. The lowest BCUT2D eigenvalue weighted by Crippen LogP contribution is -2.33. The summed E-state index contributed by atoms with van der Waals surface area (Å²) in [7, 11) is 0. The Bertz CT molecular complexity index is 488. The van der Waals surface area contributed by atoms with E-state index in [1.165, 1.54) is 6.33 Å². The molecule has 1 aliphatic heterocycles. The molecule has 0 aromatic carbocycles. The summed E-state index contributed by atoms with van der Waals surface area (Å²) in [5, 5.41) is 17.1. The van der Waals surface area contributed by atoms with Crippen LogP contribution in [-0.2, 0) is 4.74 Å². The Hall–Kier alpha value is -1.96. The van der Waals surface area contributed by atoms with Gasteiger partial charge in [0.2, 0.25) is 11.6 Å². The molecule has 8 nitrogen and oxygen atoms in total. The van der Waals surface area contributed by atoms with Crippen LogP contribution in [-0.4, -0.2) is 40.2 Å². The van der Waals surface area contributed by atoms with E-state index < -0.39 is 4.92 Å². The molecule has 1 aliphatic rings. The lowest BCUT2D eigenvalue weighted by molar-refractivity contribution is -0.383. The average Bonchev–Trinajstić information content (AvgIpc) is 2.84. The number of rotatable bonds is 6. The van der Waals surface area contributed by atoms with Crippen LogP contribution in [0.2, 0.25) is 0 Å². The van der Waals surface area contributed by atoms with Gasteiger partial charge in [0, 0.05) is 19.7 Å². The standard InChI is InChI=1S/C12H19N5O3/c1-3-13-10-9(17(18)19)11(16-8-15-10)14-7-12(2)5-4-6-20-12/h8H,3-7H2,1-2H3,(H2,13,14,15,16). The molecule has 2 N–H and O–H groups in total. The van der Waals surface area contributed by atoms with E-state index in [0.29, 0.717) is 13.1 Å². The van der Waals surface area contributed by atoms with Crippen LogP contribution < -0.4 is 10.6 Å². The summed E-state index contributed by atoms with van der Waals surface area (Å²) in [6, 6.07) is 0. The number of nitrogens with zero attached hydrogens (tertiary/aromatic N) is 3. The molecule has 8 heteroatoms. The summed E-state index contributed by atoms with van der Waals surface area (Å²) < 4.78 is 5.65. The molecule has 1 aromatic rings. The van der Waals surface area contributed by atoms with Crippen molar-refractivity contribution < 1.29 is 9.66 Å². The first-order valence-electron chi connectivity index (χ1n) is 6.67. The molecule has 0 radical (unpaired) electrons. The normalized spacial score (nSPS) is 21.7. The van der Waals surface area contributed by atoms with Gasteiger partial charge in [0.15, 0.2) is 0 Å². The van der Waals surface area contributed by atoms with Gasteiger partial charge in [-0.2, -0.15) is 0 Å². The summed E-state index contributed by atoms with van der Waals surface area (Å²) in [6.45, 7) is 5.61. The highest BCUT2D eigenvalue weighted by atomic mass is 16.6. The second-order valence-corrected chi connectivity index (χ2v) is 4.96. The molecule has 20 heavy (non-hydrogen) atoms. The van der Waals surface area contributed by atoms with Crippen molar-refractivity contribution in [2.75, 3.05) is 30.3 Å². The van der Waals surface area contributed by atoms with Crippen LogP contribution in [0.4, 0.5) is 17.3 Å². The Morgan fingerprint density at radius 1 is 1.45 bits per heavy atom. The van der Waals surface area contributed by atoms with Crippen molar-refractivity contribution in [3.8, 4) is 0 Å². The van der Waals surface area contributed by atoms with E-state index in [2.05, 4.69) is 20.6 Å². The van der Waals surface area contributed by atoms with Gasteiger partial charge in [-0.1, -0.05) is 0 Å². The van der Waals surface area contributed by atoms with Gasteiger partial charge >= 0.3 is 5.69 Å². The monoisotopic (exact) mass is 281 g/mol. The maximum absolute atomic E-state index is 11.2. The Morgan fingerprint density at radius 3 is 2.70 bits per heavy atom. The minimum atomic E-state index is -0.474. The molecule has 1 atom stereocenters. The minimum absolute atomic E-state index is 0.129. The zero-order valence-corrected chi connectivity index (χ0v) is 11.7. The predicted molar refractivity (Wildman–Crippen MR) is 74.9 cm³/mol. The highest BCUT2D eigenvalue weighted by Gasteiger charge is 2.31. The van der Waals surface area contributed by atoms with E-state index in [-0.39, 0.29) is 22.9 Å². The molecule has 0 spiro atoms. The van der Waals surface area contributed by atoms with E-state index in [1.54, 1.807) is 0 Å². The van der Waals surface area contributed by atoms with Crippen LogP contribution >= 0.6 is 0 Å². The van der Waals surface area contributed by atoms with Crippen LogP contribution in [0.1, 0.15) is 26.7 Å².